The zero-order chi connectivity index (χ0) is 12.4. The van der Waals surface area contributed by atoms with E-state index in [4.69, 9.17) is 4.74 Å². The summed E-state index contributed by atoms with van der Waals surface area (Å²) in [5.74, 6) is -0.617. The van der Waals surface area contributed by atoms with Crippen molar-refractivity contribution in [1.29, 1.82) is 0 Å². The summed E-state index contributed by atoms with van der Waals surface area (Å²) in [6.07, 6.45) is 0. The number of carbonyl (C=O) groups excluding carboxylic acids is 1. The molecule has 0 N–H and O–H groups in total. The van der Waals surface area contributed by atoms with Crippen LogP contribution in [0.2, 0.25) is 0 Å². The van der Waals surface area contributed by atoms with Gasteiger partial charge in [-0.15, -0.1) is 5.10 Å². The van der Waals surface area contributed by atoms with Crippen molar-refractivity contribution >= 4 is 5.97 Å². The lowest BCUT2D eigenvalue weighted by Gasteiger charge is -2.05. The summed E-state index contributed by atoms with van der Waals surface area (Å²) in [6.45, 7) is 1.62. The summed E-state index contributed by atoms with van der Waals surface area (Å²) in [4.78, 5) is 10.7. The Morgan fingerprint density at radius 3 is 2.47 bits per heavy atom. The fourth-order valence-electron chi connectivity index (χ4n) is 1.49. The van der Waals surface area contributed by atoms with Gasteiger partial charge in [-0.05, 0) is 31.2 Å². The molecule has 2 aromatic rings. The fourth-order valence-corrected chi connectivity index (χ4v) is 1.49. The van der Waals surface area contributed by atoms with Crippen LogP contribution in [0.1, 0.15) is 16.2 Å². The van der Waals surface area contributed by atoms with Gasteiger partial charge in [-0.25, -0.2) is 4.68 Å². The molecule has 6 heteroatoms. The number of ether oxygens (including phenoxy) is 1. The molecule has 1 aromatic carbocycles. The molecule has 2 rings (SSSR count). The van der Waals surface area contributed by atoms with E-state index in [1.807, 2.05) is 0 Å². The van der Waals surface area contributed by atoms with Crippen molar-refractivity contribution in [3.05, 3.63) is 35.7 Å². The zero-order valence-corrected chi connectivity index (χ0v) is 9.38. The molecule has 88 valence electrons. The molecular weight excluding hydrogens is 222 g/mol. The molecule has 0 saturated carbocycles. The summed E-state index contributed by atoms with van der Waals surface area (Å²) >= 11 is 0. The number of carboxylic acid groups (broad SMARTS) is 1. The highest BCUT2D eigenvalue weighted by Crippen LogP contribution is 2.16. The third-order valence-electron chi connectivity index (χ3n) is 2.40. The van der Waals surface area contributed by atoms with E-state index >= 15 is 0 Å². The van der Waals surface area contributed by atoms with E-state index in [-0.39, 0.29) is 5.69 Å². The Labute approximate surface area is 97.4 Å². The molecule has 0 unspecified atom stereocenters. The average molecular weight is 232 g/mol. The molecule has 1 heterocycles. The average Bonchev–Trinajstić information content (AvgIpc) is 2.71. The van der Waals surface area contributed by atoms with Crippen LogP contribution in [0.15, 0.2) is 24.3 Å². The molecule has 0 aliphatic rings. The number of hydrogen-bond donors (Lipinski definition) is 0. The van der Waals surface area contributed by atoms with E-state index < -0.39 is 5.97 Å². The van der Waals surface area contributed by atoms with Gasteiger partial charge in [0, 0.05) is 0 Å². The molecule has 0 aliphatic heterocycles. The van der Waals surface area contributed by atoms with Crippen LogP contribution in [-0.4, -0.2) is 28.1 Å². The van der Waals surface area contributed by atoms with Gasteiger partial charge in [0.2, 0.25) is 0 Å². The van der Waals surface area contributed by atoms with Crippen LogP contribution in [-0.2, 0) is 0 Å². The number of hydrogen-bond acceptors (Lipinski definition) is 5. The third kappa shape index (κ3) is 1.96. The normalized spacial score (nSPS) is 10.2. The maximum atomic E-state index is 10.7. The predicted molar refractivity (Wildman–Crippen MR) is 57.0 cm³/mol. The maximum Gasteiger partial charge on any atom is 0.131 e. The summed E-state index contributed by atoms with van der Waals surface area (Å²) in [6, 6.07) is 7.05. The van der Waals surface area contributed by atoms with Gasteiger partial charge in [0.25, 0.3) is 0 Å². The van der Waals surface area contributed by atoms with Gasteiger partial charge in [0.1, 0.15) is 11.4 Å². The Kier molecular flexibility index (Phi) is 2.78. The van der Waals surface area contributed by atoms with Crippen molar-refractivity contribution in [2.75, 3.05) is 7.11 Å². The highest BCUT2D eigenvalue weighted by atomic mass is 16.5. The highest BCUT2D eigenvalue weighted by molar-refractivity contribution is 5.84. The first-order chi connectivity index (χ1) is 8.13. The van der Waals surface area contributed by atoms with Gasteiger partial charge in [0.15, 0.2) is 0 Å². The lowest BCUT2D eigenvalue weighted by Crippen LogP contribution is -2.23. The van der Waals surface area contributed by atoms with Crippen molar-refractivity contribution in [1.82, 2.24) is 15.0 Å². The van der Waals surface area contributed by atoms with E-state index in [9.17, 15) is 9.90 Å². The predicted octanol–water partition coefficient (Wildman–Crippen LogP) is -0.0522. The summed E-state index contributed by atoms with van der Waals surface area (Å²) in [5.41, 5.74) is 0.985. The molecule has 0 spiro atoms. The van der Waals surface area contributed by atoms with Crippen molar-refractivity contribution in [2.45, 2.75) is 6.92 Å². The second kappa shape index (κ2) is 4.25. The van der Waals surface area contributed by atoms with Gasteiger partial charge in [-0.2, -0.15) is 0 Å². The molecule has 17 heavy (non-hydrogen) atoms. The quantitative estimate of drug-likeness (QED) is 0.741. The van der Waals surface area contributed by atoms with Gasteiger partial charge in [-0.3, -0.25) is 0 Å². The number of benzene rings is 1. The van der Waals surface area contributed by atoms with E-state index in [1.165, 1.54) is 4.68 Å². The first-order valence-corrected chi connectivity index (χ1v) is 4.91. The van der Waals surface area contributed by atoms with E-state index in [2.05, 4.69) is 10.3 Å². The fraction of sp³-hybridized carbons (Fsp3) is 0.182. The lowest BCUT2D eigenvalue weighted by atomic mass is 10.3. The second-order valence-electron chi connectivity index (χ2n) is 3.42. The Bertz CT molecular complexity index is 546. The van der Waals surface area contributed by atoms with Crippen LogP contribution in [0.5, 0.6) is 5.75 Å². The smallest absolute Gasteiger partial charge is 0.131 e. The molecule has 0 fully saturated rings. The Hall–Kier alpha value is -2.37. The number of methoxy groups -OCH3 is 1. The summed E-state index contributed by atoms with van der Waals surface area (Å²) in [5, 5.41) is 18.0. The zero-order valence-electron chi connectivity index (χ0n) is 9.38. The maximum absolute atomic E-state index is 10.7. The van der Waals surface area contributed by atoms with E-state index in [0.717, 1.165) is 0 Å². The first kappa shape index (κ1) is 11.1. The van der Waals surface area contributed by atoms with Gasteiger partial charge in [0.05, 0.1) is 24.5 Å². The lowest BCUT2D eigenvalue weighted by molar-refractivity contribution is -0.255. The van der Waals surface area contributed by atoms with Crippen LogP contribution < -0.4 is 9.84 Å². The van der Waals surface area contributed by atoms with Crippen LogP contribution in [0, 0.1) is 6.92 Å². The van der Waals surface area contributed by atoms with Gasteiger partial charge < -0.3 is 14.6 Å². The van der Waals surface area contributed by atoms with Crippen molar-refractivity contribution < 1.29 is 14.6 Å². The minimum Gasteiger partial charge on any atom is -0.543 e. The molecule has 1 aromatic heterocycles. The van der Waals surface area contributed by atoms with Crippen molar-refractivity contribution in [3.63, 3.8) is 0 Å². The second-order valence-corrected chi connectivity index (χ2v) is 3.42. The number of aromatic carboxylic acids is 1. The molecule has 0 saturated heterocycles. The number of nitrogens with zero attached hydrogens (tertiary/aromatic N) is 3. The van der Waals surface area contributed by atoms with Crippen LogP contribution in [0.3, 0.4) is 0 Å². The van der Waals surface area contributed by atoms with Crippen molar-refractivity contribution in [2.24, 2.45) is 0 Å². The minimum absolute atomic E-state index is 0.152. The van der Waals surface area contributed by atoms with Gasteiger partial charge >= 0.3 is 0 Å². The Balaban J connectivity index is 2.42. The summed E-state index contributed by atoms with van der Waals surface area (Å²) in [7, 11) is 1.57. The molecule has 0 radical (unpaired) electrons. The SMILES string of the molecule is COc1ccc(-n2nnc(C(=O)[O-])c2C)cc1. The Morgan fingerprint density at radius 2 is 2.00 bits per heavy atom. The minimum atomic E-state index is -1.33. The summed E-state index contributed by atoms with van der Waals surface area (Å²) < 4.78 is 6.46. The largest absolute Gasteiger partial charge is 0.543 e. The number of aromatic nitrogens is 3. The van der Waals surface area contributed by atoms with Crippen LogP contribution >= 0.6 is 0 Å². The monoisotopic (exact) mass is 232 g/mol. The van der Waals surface area contributed by atoms with Crippen molar-refractivity contribution in [3.8, 4) is 11.4 Å². The highest BCUT2D eigenvalue weighted by Gasteiger charge is 2.10. The molecule has 6 nitrogen and oxygen atoms in total. The molecule has 0 atom stereocenters. The number of carboxylic acids is 1. The molecule has 0 bridgehead atoms. The standard InChI is InChI=1S/C11H11N3O3/c1-7-10(11(15)16)12-13-14(7)8-3-5-9(17-2)6-4-8/h3-6H,1-2H3,(H,15,16)/p-1. The van der Waals surface area contributed by atoms with Crippen LogP contribution in [0.4, 0.5) is 0 Å². The molecule has 0 amide bonds. The van der Waals surface area contributed by atoms with E-state index in [0.29, 0.717) is 17.1 Å². The Morgan fingerprint density at radius 1 is 1.35 bits per heavy atom. The van der Waals surface area contributed by atoms with E-state index in [1.54, 1.807) is 38.3 Å². The first-order valence-electron chi connectivity index (χ1n) is 4.91. The number of rotatable bonds is 3. The third-order valence-corrected chi connectivity index (χ3v) is 2.40. The topological polar surface area (TPSA) is 80.1 Å². The van der Waals surface area contributed by atoms with Gasteiger partial charge in [-0.1, -0.05) is 5.21 Å². The molecule has 0 aliphatic carbocycles. The molecular formula is C11H10N3O3-. The number of carbonyl (C=O) groups is 1. The van der Waals surface area contributed by atoms with Crippen LogP contribution in [0.25, 0.3) is 5.69 Å².